The fraction of sp³-hybridized carbons (Fsp3) is 0.435. The molecule has 1 heterocycles. The van der Waals surface area contributed by atoms with Gasteiger partial charge in [-0.2, -0.15) is 0 Å². The average Bonchev–Trinajstić information content (AvgIpc) is 3.21. The van der Waals surface area contributed by atoms with Gasteiger partial charge in [-0.25, -0.2) is 13.4 Å². The van der Waals surface area contributed by atoms with E-state index >= 15 is 0 Å². The van der Waals surface area contributed by atoms with Gasteiger partial charge < -0.3 is 15.0 Å². The van der Waals surface area contributed by atoms with Crippen LogP contribution in [0.5, 0.6) is 5.75 Å². The Kier molecular flexibility index (Phi) is 9.61. The Morgan fingerprint density at radius 1 is 1.13 bits per heavy atom. The highest BCUT2D eigenvalue weighted by Gasteiger charge is 2.26. The number of nitrogens with zero attached hydrogens (tertiary/aromatic N) is 2. The third-order valence-electron chi connectivity index (χ3n) is 5.27. The predicted octanol–water partition coefficient (Wildman–Crippen LogP) is 3.81. The fourth-order valence-electron chi connectivity index (χ4n) is 3.74. The average molecular weight is 557 g/mol. The summed E-state index contributed by atoms with van der Waals surface area (Å²) in [4.78, 5) is 7.13. The molecule has 2 aromatic rings. The second-order valence-corrected chi connectivity index (χ2v) is 9.90. The van der Waals surface area contributed by atoms with Gasteiger partial charge in [0.1, 0.15) is 5.75 Å². The molecule has 1 aliphatic heterocycles. The van der Waals surface area contributed by atoms with Crippen molar-refractivity contribution in [3.63, 3.8) is 0 Å². The van der Waals surface area contributed by atoms with Gasteiger partial charge in [-0.05, 0) is 42.2 Å². The molecule has 1 fully saturated rings. The van der Waals surface area contributed by atoms with E-state index in [0.29, 0.717) is 12.5 Å². The number of ether oxygens (including phenoxy) is 1. The van der Waals surface area contributed by atoms with Crippen LogP contribution in [0.4, 0.5) is 0 Å². The quantitative estimate of drug-likeness (QED) is 0.319. The first-order chi connectivity index (χ1) is 14.4. The van der Waals surface area contributed by atoms with Gasteiger partial charge in [-0.3, -0.25) is 0 Å². The van der Waals surface area contributed by atoms with Crippen molar-refractivity contribution >= 4 is 39.8 Å². The van der Waals surface area contributed by atoms with Gasteiger partial charge in [-0.15, -0.1) is 24.0 Å². The van der Waals surface area contributed by atoms with Crippen molar-refractivity contribution in [3.8, 4) is 5.75 Å². The molecule has 2 aromatic carbocycles. The topological polar surface area (TPSA) is 71.0 Å². The number of benzene rings is 2. The smallest absolute Gasteiger partial charge is 0.194 e. The summed E-state index contributed by atoms with van der Waals surface area (Å²) in [5.74, 6) is 2.36. The molecule has 170 valence electrons. The lowest BCUT2D eigenvalue weighted by Gasteiger charge is -2.22. The molecule has 31 heavy (non-hydrogen) atoms. The maximum absolute atomic E-state index is 11.4. The minimum Gasteiger partial charge on any atom is -0.497 e. The Balaban J connectivity index is 0.00000341. The number of sulfone groups is 1. The summed E-state index contributed by atoms with van der Waals surface area (Å²) >= 11 is 0. The summed E-state index contributed by atoms with van der Waals surface area (Å²) in [6.07, 6.45) is 2.35. The summed E-state index contributed by atoms with van der Waals surface area (Å²) in [5, 5.41) is 3.40. The molecule has 0 saturated carbocycles. The number of guanidine groups is 1. The van der Waals surface area contributed by atoms with Crippen LogP contribution in [0.3, 0.4) is 0 Å². The van der Waals surface area contributed by atoms with Crippen LogP contribution in [0.2, 0.25) is 0 Å². The van der Waals surface area contributed by atoms with Crippen LogP contribution >= 0.6 is 24.0 Å². The van der Waals surface area contributed by atoms with Gasteiger partial charge >= 0.3 is 0 Å². The lowest BCUT2D eigenvalue weighted by Crippen LogP contribution is -2.40. The molecule has 1 unspecified atom stereocenters. The summed E-state index contributed by atoms with van der Waals surface area (Å²) in [7, 11) is -1.33. The molecule has 3 rings (SSSR count). The van der Waals surface area contributed by atoms with E-state index in [1.165, 1.54) is 11.8 Å². The number of rotatable bonds is 7. The fourth-order valence-corrected chi connectivity index (χ4v) is 4.53. The Bertz CT molecular complexity index is 961. The van der Waals surface area contributed by atoms with E-state index in [4.69, 9.17) is 9.73 Å². The number of hydrogen-bond acceptors (Lipinski definition) is 4. The molecular weight excluding hydrogens is 525 g/mol. The van der Waals surface area contributed by atoms with Crippen LogP contribution in [-0.2, 0) is 22.1 Å². The number of nitrogens with one attached hydrogen (secondary N) is 1. The Morgan fingerprint density at radius 3 is 2.35 bits per heavy atom. The van der Waals surface area contributed by atoms with Gasteiger partial charge in [-0.1, -0.05) is 36.4 Å². The van der Waals surface area contributed by atoms with Crippen molar-refractivity contribution in [1.82, 2.24) is 10.2 Å². The molecule has 0 spiro atoms. The van der Waals surface area contributed by atoms with Crippen molar-refractivity contribution in [3.05, 3.63) is 65.2 Å². The molecule has 0 radical (unpaired) electrons. The number of aliphatic imine (C=N–C) groups is 1. The van der Waals surface area contributed by atoms with E-state index in [1.54, 1.807) is 7.11 Å². The minimum absolute atomic E-state index is 0. The summed E-state index contributed by atoms with van der Waals surface area (Å²) in [6, 6.07) is 16.0. The molecular formula is C23H32IN3O3S. The summed E-state index contributed by atoms with van der Waals surface area (Å²) in [6.45, 7) is 5.36. The number of hydrogen-bond donors (Lipinski definition) is 1. The first-order valence-electron chi connectivity index (χ1n) is 10.3. The van der Waals surface area contributed by atoms with E-state index in [1.807, 2.05) is 36.4 Å². The monoisotopic (exact) mass is 557 g/mol. The molecule has 8 heteroatoms. The van der Waals surface area contributed by atoms with Crippen molar-refractivity contribution in [2.24, 2.45) is 4.99 Å². The maximum atomic E-state index is 11.4. The molecule has 0 bridgehead atoms. The van der Waals surface area contributed by atoms with Crippen LogP contribution < -0.4 is 10.1 Å². The van der Waals surface area contributed by atoms with E-state index in [2.05, 4.69) is 29.3 Å². The van der Waals surface area contributed by atoms with E-state index in [9.17, 15) is 8.42 Å². The van der Waals surface area contributed by atoms with Crippen LogP contribution in [-0.4, -0.2) is 52.3 Å². The molecule has 1 atom stereocenters. The second kappa shape index (κ2) is 11.7. The van der Waals surface area contributed by atoms with Crippen molar-refractivity contribution in [2.45, 2.75) is 31.6 Å². The van der Waals surface area contributed by atoms with Gasteiger partial charge in [0.05, 0.1) is 19.4 Å². The largest absolute Gasteiger partial charge is 0.497 e. The predicted molar refractivity (Wildman–Crippen MR) is 137 cm³/mol. The van der Waals surface area contributed by atoms with Crippen molar-refractivity contribution in [1.29, 1.82) is 0 Å². The van der Waals surface area contributed by atoms with Crippen LogP contribution in [0.25, 0.3) is 0 Å². The standard InChI is InChI=1S/C23H31N3O3S.HI/c1-4-24-23(25-15-18-5-7-19(8-6-18)17-30(3,27)28)26-14-13-21(16-26)20-9-11-22(29-2)12-10-20;/h5-12,21H,4,13-17H2,1-3H3,(H,24,25);1H. The molecule has 1 saturated heterocycles. The minimum atomic E-state index is -3.02. The Morgan fingerprint density at radius 2 is 1.77 bits per heavy atom. The highest BCUT2D eigenvalue weighted by Crippen LogP contribution is 2.28. The molecule has 6 nitrogen and oxygen atoms in total. The summed E-state index contributed by atoms with van der Waals surface area (Å²) in [5.41, 5.74) is 3.20. The van der Waals surface area contributed by atoms with Gasteiger partial charge in [0.15, 0.2) is 15.8 Å². The van der Waals surface area contributed by atoms with E-state index < -0.39 is 9.84 Å². The number of methoxy groups -OCH3 is 1. The zero-order valence-corrected chi connectivity index (χ0v) is 21.5. The Hall–Kier alpha value is -1.81. The highest BCUT2D eigenvalue weighted by atomic mass is 127. The van der Waals surface area contributed by atoms with Gasteiger partial charge in [0, 0.05) is 31.8 Å². The third kappa shape index (κ3) is 7.68. The van der Waals surface area contributed by atoms with E-state index in [0.717, 1.165) is 48.9 Å². The molecule has 1 aliphatic rings. The SMILES string of the molecule is CCNC(=NCc1ccc(CS(C)(=O)=O)cc1)N1CCC(c2ccc(OC)cc2)C1.I. The number of halogens is 1. The molecule has 0 aliphatic carbocycles. The molecule has 0 aromatic heterocycles. The number of likely N-dealkylation sites (tertiary alicyclic amines) is 1. The normalized spacial score (nSPS) is 16.7. The third-order valence-corrected chi connectivity index (χ3v) is 6.13. The molecule has 0 amide bonds. The van der Waals surface area contributed by atoms with Crippen LogP contribution in [0.15, 0.2) is 53.5 Å². The zero-order chi connectivity index (χ0) is 21.6. The van der Waals surface area contributed by atoms with Crippen LogP contribution in [0.1, 0.15) is 36.0 Å². The van der Waals surface area contributed by atoms with Crippen molar-refractivity contribution < 1.29 is 13.2 Å². The van der Waals surface area contributed by atoms with Crippen LogP contribution in [0, 0.1) is 0 Å². The van der Waals surface area contributed by atoms with Gasteiger partial charge in [0.2, 0.25) is 0 Å². The first kappa shape index (κ1) is 25.5. The lowest BCUT2D eigenvalue weighted by molar-refractivity contribution is 0.414. The van der Waals surface area contributed by atoms with Crippen molar-refractivity contribution in [2.75, 3.05) is 33.0 Å². The highest BCUT2D eigenvalue weighted by molar-refractivity contribution is 14.0. The maximum Gasteiger partial charge on any atom is 0.194 e. The second-order valence-electron chi connectivity index (χ2n) is 7.76. The van der Waals surface area contributed by atoms with Gasteiger partial charge in [0.25, 0.3) is 0 Å². The first-order valence-corrected chi connectivity index (χ1v) is 12.4. The molecule has 1 N–H and O–H groups in total. The zero-order valence-electron chi connectivity index (χ0n) is 18.4. The summed E-state index contributed by atoms with van der Waals surface area (Å²) < 4.78 is 28.1. The Labute approximate surface area is 203 Å². The van der Waals surface area contributed by atoms with E-state index in [-0.39, 0.29) is 29.7 Å². The lowest BCUT2D eigenvalue weighted by atomic mass is 9.98.